The lowest BCUT2D eigenvalue weighted by molar-refractivity contribution is -0.0755. The molecule has 3 rings (SSSR count). The predicted molar refractivity (Wildman–Crippen MR) is 138 cm³/mol. The number of hydrogen-bond donors (Lipinski definition) is 2. The molecule has 0 radical (unpaired) electrons. The zero-order chi connectivity index (χ0) is 25.0. The van der Waals surface area contributed by atoms with Crippen molar-refractivity contribution in [2.45, 2.75) is 115 Å². The maximum absolute atomic E-state index is 10.3. The molecule has 0 saturated carbocycles. The number of rotatable bonds is 6. The van der Waals surface area contributed by atoms with Crippen molar-refractivity contribution in [3.8, 4) is 0 Å². The Balaban J connectivity index is 1.99. The number of amidine groups is 1. The van der Waals surface area contributed by atoms with Gasteiger partial charge in [-0.2, -0.15) is 0 Å². The maximum Gasteiger partial charge on any atom is 0.192 e. The second kappa shape index (κ2) is 8.83. The number of nitrogens with zero attached hydrogens (tertiary/aromatic N) is 4. The van der Waals surface area contributed by atoms with E-state index in [2.05, 4.69) is 82.7 Å². The monoisotopic (exact) mass is 497 g/mol. The van der Waals surface area contributed by atoms with Gasteiger partial charge in [-0.3, -0.25) is 4.99 Å². The lowest BCUT2D eigenvalue weighted by Gasteiger charge is -2.45. The van der Waals surface area contributed by atoms with Crippen LogP contribution in [0.5, 0.6) is 0 Å². The Morgan fingerprint density at radius 1 is 1.00 bits per heavy atom. The van der Waals surface area contributed by atoms with E-state index >= 15 is 0 Å². The molecular weight excluding hydrogens is 454 g/mol. The first-order chi connectivity index (χ1) is 15.0. The molecule has 33 heavy (non-hydrogen) atoms. The highest BCUT2D eigenvalue weighted by Crippen LogP contribution is 2.44. The van der Waals surface area contributed by atoms with E-state index in [1.807, 2.05) is 4.90 Å². The summed E-state index contributed by atoms with van der Waals surface area (Å²) in [6, 6.07) is -0.347. The zero-order valence-corrected chi connectivity index (χ0v) is 23.9. The molecule has 0 bridgehead atoms. The van der Waals surface area contributed by atoms with Gasteiger partial charge in [-0.15, -0.1) is 0 Å². The Morgan fingerprint density at radius 3 is 2.06 bits per heavy atom. The van der Waals surface area contributed by atoms with Gasteiger partial charge in [0.1, 0.15) is 36.5 Å². The third-order valence-corrected chi connectivity index (χ3v) is 16.9. The van der Waals surface area contributed by atoms with Crippen molar-refractivity contribution in [2.24, 2.45) is 20.7 Å². The minimum atomic E-state index is -2.21. The number of aliphatic imine (C=N–C) groups is 3. The fourth-order valence-corrected chi connectivity index (χ4v) is 6.31. The lowest BCUT2D eigenvalue weighted by atomic mass is 10.1. The van der Waals surface area contributed by atoms with E-state index < -0.39 is 41.2 Å². The van der Waals surface area contributed by atoms with Crippen molar-refractivity contribution in [2.75, 3.05) is 6.61 Å². The molecule has 3 N–H and O–H groups in total. The molecule has 3 aliphatic rings. The normalized spacial score (nSPS) is 32.9. The van der Waals surface area contributed by atoms with Gasteiger partial charge in [0.25, 0.3) is 0 Å². The SMILES string of the molecule is CC(C)(C)[Si](C)(C)O[C@@H]1[C@H](O[Si](C)(C)C(C)(C)C)[C@@H](CO)O[C@H]1N1C=NC2C(N)=NC=NC21. The summed E-state index contributed by atoms with van der Waals surface area (Å²) in [7, 11) is -4.39. The summed E-state index contributed by atoms with van der Waals surface area (Å²) in [6.45, 7) is 22.0. The van der Waals surface area contributed by atoms with Gasteiger partial charge in [0.2, 0.25) is 0 Å². The Hall–Kier alpha value is -1.12. The Morgan fingerprint density at radius 2 is 1.55 bits per heavy atom. The van der Waals surface area contributed by atoms with Gasteiger partial charge in [0, 0.05) is 0 Å². The predicted octanol–water partition coefficient (Wildman–Crippen LogP) is 2.92. The lowest BCUT2D eigenvalue weighted by Crippen LogP contribution is -2.57. The fourth-order valence-electron chi connectivity index (χ4n) is 3.70. The van der Waals surface area contributed by atoms with E-state index in [9.17, 15) is 5.11 Å². The molecule has 11 heteroatoms. The van der Waals surface area contributed by atoms with E-state index in [1.165, 1.54) is 6.34 Å². The second-order valence-corrected chi connectivity index (χ2v) is 21.8. The molecule has 2 unspecified atom stereocenters. The molecule has 6 atom stereocenters. The van der Waals surface area contributed by atoms with Crippen molar-refractivity contribution in [1.29, 1.82) is 0 Å². The quantitative estimate of drug-likeness (QED) is 0.545. The van der Waals surface area contributed by atoms with Crippen molar-refractivity contribution in [3.63, 3.8) is 0 Å². The van der Waals surface area contributed by atoms with Crippen LogP contribution in [0.1, 0.15) is 41.5 Å². The molecule has 0 amide bonds. The number of aliphatic hydroxyl groups excluding tert-OH is 1. The molecule has 188 valence electrons. The molecule has 3 aliphatic heterocycles. The van der Waals surface area contributed by atoms with Gasteiger partial charge in [0.15, 0.2) is 29.0 Å². The number of nitrogens with two attached hydrogens (primary N) is 1. The summed E-state index contributed by atoms with van der Waals surface area (Å²) >= 11 is 0. The van der Waals surface area contributed by atoms with E-state index in [0.717, 1.165) is 0 Å². The Labute approximate surface area is 200 Å². The van der Waals surface area contributed by atoms with E-state index in [1.54, 1.807) is 6.34 Å². The van der Waals surface area contributed by atoms with Gasteiger partial charge < -0.3 is 29.3 Å². The van der Waals surface area contributed by atoms with Crippen molar-refractivity contribution in [1.82, 2.24) is 4.90 Å². The molecule has 1 fully saturated rings. The first-order valence-corrected chi connectivity index (χ1v) is 17.6. The highest BCUT2D eigenvalue weighted by atomic mass is 28.4. The van der Waals surface area contributed by atoms with Gasteiger partial charge in [-0.25, -0.2) is 9.98 Å². The van der Waals surface area contributed by atoms with Crippen molar-refractivity contribution < 1.29 is 18.7 Å². The summed E-state index contributed by atoms with van der Waals surface area (Å²) in [5.41, 5.74) is 6.08. The smallest absolute Gasteiger partial charge is 0.192 e. The van der Waals surface area contributed by atoms with Gasteiger partial charge in [0.05, 0.1) is 12.9 Å². The van der Waals surface area contributed by atoms with Crippen LogP contribution in [0.3, 0.4) is 0 Å². The minimum Gasteiger partial charge on any atom is -0.408 e. The first kappa shape index (κ1) is 26.5. The largest absolute Gasteiger partial charge is 0.408 e. The molecule has 9 nitrogen and oxygen atoms in total. The van der Waals surface area contributed by atoms with Crippen LogP contribution in [-0.4, -0.2) is 88.5 Å². The summed E-state index contributed by atoms with van der Waals surface area (Å²) in [5.74, 6) is 0.432. The summed E-state index contributed by atoms with van der Waals surface area (Å²) in [6.07, 6.45) is 1.04. The highest BCUT2D eigenvalue weighted by molar-refractivity contribution is 6.74. The van der Waals surface area contributed by atoms with Crippen LogP contribution < -0.4 is 5.73 Å². The molecule has 0 aromatic heterocycles. The Bertz CT molecular complexity index is 819. The van der Waals surface area contributed by atoms with Crippen molar-refractivity contribution in [3.05, 3.63) is 0 Å². The van der Waals surface area contributed by atoms with Crippen molar-refractivity contribution >= 4 is 35.1 Å². The topological polar surface area (TPSA) is 114 Å². The number of hydrogen-bond acceptors (Lipinski definition) is 9. The van der Waals surface area contributed by atoms with Crippen LogP contribution in [0.2, 0.25) is 36.3 Å². The summed E-state index contributed by atoms with van der Waals surface area (Å²) in [5, 5.41) is 10.3. The molecule has 0 aromatic carbocycles. The van der Waals surface area contributed by atoms with Crippen LogP contribution in [0.4, 0.5) is 0 Å². The average molecular weight is 498 g/mol. The maximum atomic E-state index is 10.3. The van der Waals surface area contributed by atoms with Gasteiger partial charge in [-0.05, 0) is 36.3 Å². The van der Waals surface area contributed by atoms with Crippen LogP contribution in [0.25, 0.3) is 0 Å². The standard InChI is InChI=1S/C22H43N5O4Si2/c1-21(2,3)32(7,8)30-16-14(11-28)29-20(17(16)31-33(9,10)22(4,5)6)27-13-26-15-18(23)24-12-25-19(15)27/h12-17,19-20,28H,11H2,1-10H3,(H2,23,24,25)/t14-,15?,16-,17-,19?,20-/m1/s1. The number of aliphatic hydroxyl groups is 1. The van der Waals surface area contributed by atoms with Crippen LogP contribution in [-0.2, 0) is 13.6 Å². The second-order valence-electron chi connectivity index (χ2n) is 12.3. The summed E-state index contributed by atoms with van der Waals surface area (Å²) in [4.78, 5) is 15.1. The minimum absolute atomic E-state index is 0.00190. The fraction of sp³-hybridized carbons (Fsp3) is 0.864. The summed E-state index contributed by atoms with van der Waals surface area (Å²) < 4.78 is 20.3. The highest BCUT2D eigenvalue weighted by Gasteiger charge is 2.56. The molecule has 1 saturated heterocycles. The van der Waals surface area contributed by atoms with E-state index in [0.29, 0.717) is 5.84 Å². The molecule has 0 aromatic rings. The number of fused-ring (bicyclic) bond motifs is 1. The van der Waals surface area contributed by atoms with Crippen LogP contribution in [0.15, 0.2) is 15.0 Å². The third-order valence-electron chi connectivity index (χ3n) is 7.91. The van der Waals surface area contributed by atoms with Gasteiger partial charge in [-0.1, -0.05) is 41.5 Å². The van der Waals surface area contributed by atoms with Gasteiger partial charge >= 0.3 is 0 Å². The molecule has 3 heterocycles. The molecule has 0 aliphatic carbocycles. The van der Waals surface area contributed by atoms with Crippen LogP contribution in [0, 0.1) is 0 Å². The molecular formula is C22H43N5O4Si2. The third kappa shape index (κ3) is 4.99. The van der Waals surface area contributed by atoms with Crippen LogP contribution >= 0.6 is 0 Å². The average Bonchev–Trinajstić information content (AvgIpc) is 3.22. The number of ether oxygens (including phenoxy) is 1. The van der Waals surface area contributed by atoms with E-state index in [-0.39, 0.29) is 28.9 Å². The Kier molecular flexibility index (Phi) is 7.09. The first-order valence-electron chi connectivity index (χ1n) is 11.8. The zero-order valence-electron chi connectivity index (χ0n) is 21.9. The van der Waals surface area contributed by atoms with E-state index in [4.69, 9.17) is 19.3 Å². The molecule has 0 spiro atoms.